The maximum atomic E-state index is 9.59. The van der Waals surface area contributed by atoms with Gasteiger partial charge in [0, 0.05) is 10.6 Å². The Morgan fingerprint density at radius 3 is 2.77 bits per heavy atom. The highest BCUT2D eigenvalue weighted by molar-refractivity contribution is 6.31. The highest BCUT2D eigenvalue weighted by Crippen LogP contribution is 2.28. The molecule has 1 N–H and O–H groups in total. The number of benzene rings is 1. The first-order chi connectivity index (χ1) is 6.19. The minimum Gasteiger partial charge on any atom is -0.497 e. The monoisotopic (exact) mass is 200 g/mol. The molecule has 0 fully saturated rings. The zero-order valence-corrected chi connectivity index (χ0v) is 8.51. The van der Waals surface area contributed by atoms with Gasteiger partial charge < -0.3 is 9.84 Å². The lowest BCUT2D eigenvalue weighted by atomic mass is 10.1. The molecule has 0 saturated heterocycles. The summed E-state index contributed by atoms with van der Waals surface area (Å²) in [6, 6.07) is 5.26. The van der Waals surface area contributed by atoms with Crippen LogP contribution in [0.25, 0.3) is 0 Å². The molecule has 1 aromatic carbocycles. The molecule has 1 unspecified atom stereocenters. The van der Waals surface area contributed by atoms with Crippen molar-refractivity contribution in [1.82, 2.24) is 0 Å². The van der Waals surface area contributed by atoms with E-state index in [-0.39, 0.29) is 0 Å². The molecule has 1 rings (SSSR count). The normalized spacial score (nSPS) is 12.6. The van der Waals surface area contributed by atoms with Gasteiger partial charge in [0.15, 0.2) is 0 Å². The molecular weight excluding hydrogens is 188 g/mol. The van der Waals surface area contributed by atoms with E-state index in [0.29, 0.717) is 17.2 Å². The van der Waals surface area contributed by atoms with Crippen molar-refractivity contribution in [3.63, 3.8) is 0 Å². The topological polar surface area (TPSA) is 29.5 Å². The van der Waals surface area contributed by atoms with Crippen molar-refractivity contribution >= 4 is 11.6 Å². The van der Waals surface area contributed by atoms with Crippen molar-refractivity contribution in [2.24, 2.45) is 0 Å². The predicted octanol–water partition coefficient (Wildman–Crippen LogP) is 2.79. The van der Waals surface area contributed by atoms with E-state index in [1.807, 2.05) is 6.92 Å². The van der Waals surface area contributed by atoms with Crippen LogP contribution < -0.4 is 4.74 Å². The maximum Gasteiger partial charge on any atom is 0.119 e. The average Bonchev–Trinajstić information content (AvgIpc) is 2.17. The number of ether oxygens (including phenoxy) is 1. The van der Waals surface area contributed by atoms with Gasteiger partial charge in [0.25, 0.3) is 0 Å². The molecule has 2 nitrogen and oxygen atoms in total. The summed E-state index contributed by atoms with van der Waals surface area (Å²) in [5.74, 6) is 0.715. The fraction of sp³-hybridized carbons (Fsp3) is 0.400. The third-order valence-electron chi connectivity index (χ3n) is 1.95. The smallest absolute Gasteiger partial charge is 0.119 e. The molecule has 3 heteroatoms. The van der Waals surface area contributed by atoms with Gasteiger partial charge in [-0.05, 0) is 24.6 Å². The number of halogens is 1. The summed E-state index contributed by atoms with van der Waals surface area (Å²) in [5.41, 5.74) is 0.725. The summed E-state index contributed by atoms with van der Waals surface area (Å²) in [6.45, 7) is 1.90. The van der Waals surface area contributed by atoms with Crippen LogP contribution in [0.4, 0.5) is 0 Å². The van der Waals surface area contributed by atoms with Crippen molar-refractivity contribution in [2.45, 2.75) is 19.4 Å². The van der Waals surface area contributed by atoms with E-state index in [1.54, 1.807) is 25.3 Å². The van der Waals surface area contributed by atoms with Crippen LogP contribution in [0, 0.1) is 0 Å². The van der Waals surface area contributed by atoms with Crippen LogP contribution in [0.15, 0.2) is 18.2 Å². The molecule has 0 aromatic heterocycles. The SMILES string of the molecule is CCC(O)c1cc(OC)ccc1Cl. The largest absolute Gasteiger partial charge is 0.497 e. The quantitative estimate of drug-likeness (QED) is 0.813. The molecule has 0 radical (unpaired) electrons. The molecule has 0 aliphatic rings. The first kappa shape index (κ1) is 10.4. The number of hydrogen-bond acceptors (Lipinski definition) is 2. The Labute approximate surface area is 83.1 Å². The summed E-state index contributed by atoms with van der Waals surface area (Å²) in [6.07, 6.45) is 0.134. The van der Waals surface area contributed by atoms with Gasteiger partial charge in [-0.15, -0.1) is 0 Å². The van der Waals surface area contributed by atoms with Crippen molar-refractivity contribution in [2.75, 3.05) is 7.11 Å². The lowest BCUT2D eigenvalue weighted by Gasteiger charge is -2.11. The fourth-order valence-electron chi connectivity index (χ4n) is 1.12. The van der Waals surface area contributed by atoms with Gasteiger partial charge in [-0.1, -0.05) is 18.5 Å². The fourth-order valence-corrected chi connectivity index (χ4v) is 1.37. The second-order valence-electron chi connectivity index (χ2n) is 2.81. The highest BCUT2D eigenvalue weighted by Gasteiger charge is 2.10. The third kappa shape index (κ3) is 2.36. The second kappa shape index (κ2) is 4.49. The summed E-state index contributed by atoms with van der Waals surface area (Å²) >= 11 is 5.91. The standard InChI is InChI=1S/C10H13ClO2/c1-3-10(12)8-6-7(13-2)4-5-9(8)11/h4-6,10,12H,3H2,1-2H3. The summed E-state index contributed by atoms with van der Waals surface area (Å²) in [4.78, 5) is 0. The number of hydrogen-bond donors (Lipinski definition) is 1. The van der Waals surface area contributed by atoms with Gasteiger partial charge in [0.1, 0.15) is 5.75 Å². The van der Waals surface area contributed by atoms with Gasteiger partial charge in [-0.25, -0.2) is 0 Å². The Hall–Kier alpha value is -0.730. The van der Waals surface area contributed by atoms with Gasteiger partial charge in [-0.3, -0.25) is 0 Å². The van der Waals surface area contributed by atoms with Gasteiger partial charge in [0.2, 0.25) is 0 Å². The first-order valence-corrected chi connectivity index (χ1v) is 4.58. The van der Waals surface area contributed by atoms with E-state index >= 15 is 0 Å². The Morgan fingerprint density at radius 1 is 1.54 bits per heavy atom. The molecular formula is C10H13ClO2. The van der Waals surface area contributed by atoms with E-state index in [1.165, 1.54) is 0 Å². The first-order valence-electron chi connectivity index (χ1n) is 4.20. The van der Waals surface area contributed by atoms with Crippen molar-refractivity contribution in [3.05, 3.63) is 28.8 Å². The number of aliphatic hydroxyl groups is 1. The molecule has 0 aliphatic carbocycles. The summed E-state index contributed by atoms with van der Waals surface area (Å²) < 4.78 is 5.03. The van der Waals surface area contributed by atoms with Crippen LogP contribution in [0.1, 0.15) is 25.0 Å². The van der Waals surface area contributed by atoms with Crippen LogP contribution in [-0.4, -0.2) is 12.2 Å². The van der Waals surface area contributed by atoms with Gasteiger partial charge in [0.05, 0.1) is 13.2 Å². The van der Waals surface area contributed by atoms with Crippen LogP contribution >= 0.6 is 11.6 Å². The predicted molar refractivity (Wildman–Crippen MR) is 53.3 cm³/mol. The van der Waals surface area contributed by atoms with E-state index in [2.05, 4.69) is 0 Å². The summed E-state index contributed by atoms with van der Waals surface area (Å²) in [7, 11) is 1.59. The van der Waals surface area contributed by atoms with Crippen molar-refractivity contribution in [3.8, 4) is 5.75 Å². The Balaban J connectivity index is 3.03. The Kier molecular flexibility index (Phi) is 3.58. The highest BCUT2D eigenvalue weighted by atomic mass is 35.5. The van der Waals surface area contributed by atoms with Crippen LogP contribution in [0.2, 0.25) is 5.02 Å². The minimum absolute atomic E-state index is 0.511. The van der Waals surface area contributed by atoms with E-state index in [9.17, 15) is 5.11 Å². The number of aliphatic hydroxyl groups excluding tert-OH is 1. The average molecular weight is 201 g/mol. The second-order valence-corrected chi connectivity index (χ2v) is 3.22. The van der Waals surface area contributed by atoms with Crippen LogP contribution in [0.3, 0.4) is 0 Å². The number of methoxy groups -OCH3 is 1. The molecule has 0 bridgehead atoms. The molecule has 0 saturated carbocycles. The minimum atomic E-state index is -0.511. The Bertz CT molecular complexity index is 286. The molecule has 72 valence electrons. The third-order valence-corrected chi connectivity index (χ3v) is 2.29. The van der Waals surface area contributed by atoms with Crippen molar-refractivity contribution in [1.29, 1.82) is 0 Å². The van der Waals surface area contributed by atoms with E-state index < -0.39 is 6.10 Å². The molecule has 0 heterocycles. The van der Waals surface area contributed by atoms with Crippen molar-refractivity contribution < 1.29 is 9.84 Å². The zero-order valence-electron chi connectivity index (χ0n) is 7.75. The maximum absolute atomic E-state index is 9.59. The van der Waals surface area contributed by atoms with E-state index in [0.717, 1.165) is 5.56 Å². The van der Waals surface area contributed by atoms with Crippen LogP contribution in [0.5, 0.6) is 5.75 Å². The van der Waals surface area contributed by atoms with Gasteiger partial charge in [-0.2, -0.15) is 0 Å². The summed E-state index contributed by atoms with van der Waals surface area (Å²) in [5, 5.41) is 10.2. The molecule has 0 amide bonds. The molecule has 13 heavy (non-hydrogen) atoms. The zero-order chi connectivity index (χ0) is 9.84. The van der Waals surface area contributed by atoms with E-state index in [4.69, 9.17) is 16.3 Å². The lowest BCUT2D eigenvalue weighted by molar-refractivity contribution is 0.173. The molecule has 0 aliphatic heterocycles. The molecule has 1 aromatic rings. The molecule has 1 atom stereocenters. The molecule has 0 spiro atoms. The van der Waals surface area contributed by atoms with Crippen LogP contribution in [-0.2, 0) is 0 Å². The number of rotatable bonds is 3. The van der Waals surface area contributed by atoms with Gasteiger partial charge >= 0.3 is 0 Å². The Morgan fingerprint density at radius 2 is 2.23 bits per heavy atom. The lowest BCUT2D eigenvalue weighted by Crippen LogP contribution is -1.96.